The third kappa shape index (κ3) is 4.20. The standard InChI is InChI=1S/C22H27N3O7/c1-6-24-13-14(32-17-10-8-7-9-16(17)24)12-23(2)22(26)15-11-18(29-3)20(30-4)21(31-5)19(15)25(27)28/h7-11,14H,6,12-13H2,1-5H3. The number of fused-ring (bicyclic) bond motifs is 1. The summed E-state index contributed by atoms with van der Waals surface area (Å²) in [5.74, 6) is 0.221. The van der Waals surface area contributed by atoms with Crippen LogP contribution in [0.15, 0.2) is 30.3 Å². The molecule has 0 radical (unpaired) electrons. The van der Waals surface area contributed by atoms with Gasteiger partial charge in [-0.15, -0.1) is 0 Å². The Morgan fingerprint density at radius 1 is 1.22 bits per heavy atom. The van der Waals surface area contributed by atoms with Crippen molar-refractivity contribution in [2.75, 3.05) is 52.9 Å². The van der Waals surface area contributed by atoms with E-state index in [2.05, 4.69) is 4.90 Å². The molecule has 2 aromatic rings. The zero-order valence-electron chi connectivity index (χ0n) is 18.8. The largest absolute Gasteiger partial charge is 0.493 e. The molecule has 0 N–H and O–H groups in total. The Labute approximate surface area is 186 Å². The number of ether oxygens (including phenoxy) is 4. The summed E-state index contributed by atoms with van der Waals surface area (Å²) >= 11 is 0. The van der Waals surface area contributed by atoms with Crippen LogP contribution in [0.25, 0.3) is 0 Å². The lowest BCUT2D eigenvalue weighted by molar-refractivity contribution is -0.386. The first-order valence-corrected chi connectivity index (χ1v) is 10.1. The molecular formula is C22H27N3O7. The van der Waals surface area contributed by atoms with Crippen LogP contribution in [-0.4, -0.2) is 69.8 Å². The fourth-order valence-corrected chi connectivity index (χ4v) is 3.85. The number of hydrogen-bond donors (Lipinski definition) is 0. The average Bonchev–Trinajstić information content (AvgIpc) is 2.81. The van der Waals surface area contributed by atoms with Crippen molar-refractivity contribution in [3.8, 4) is 23.0 Å². The van der Waals surface area contributed by atoms with Crippen LogP contribution < -0.4 is 23.8 Å². The molecule has 1 amide bonds. The highest BCUT2D eigenvalue weighted by Crippen LogP contribution is 2.46. The fourth-order valence-electron chi connectivity index (χ4n) is 3.85. The van der Waals surface area contributed by atoms with Gasteiger partial charge < -0.3 is 28.7 Å². The summed E-state index contributed by atoms with van der Waals surface area (Å²) in [6.45, 7) is 3.65. The summed E-state index contributed by atoms with van der Waals surface area (Å²) in [4.78, 5) is 28.0. The Balaban J connectivity index is 1.91. The number of rotatable bonds is 8. The molecule has 0 spiro atoms. The number of anilines is 1. The van der Waals surface area contributed by atoms with Crippen LogP contribution in [0.4, 0.5) is 11.4 Å². The minimum absolute atomic E-state index is 0.0479. The Morgan fingerprint density at radius 2 is 1.91 bits per heavy atom. The van der Waals surface area contributed by atoms with E-state index in [4.69, 9.17) is 18.9 Å². The first kappa shape index (κ1) is 23.0. The number of para-hydroxylation sites is 2. The van der Waals surface area contributed by atoms with Gasteiger partial charge in [0, 0.05) is 19.7 Å². The second-order valence-electron chi connectivity index (χ2n) is 7.23. The van der Waals surface area contributed by atoms with Crippen LogP contribution in [0.2, 0.25) is 0 Å². The number of nitrogens with zero attached hydrogens (tertiary/aromatic N) is 3. The molecule has 1 heterocycles. The van der Waals surface area contributed by atoms with E-state index in [1.54, 1.807) is 7.05 Å². The number of carbonyl (C=O) groups excluding carboxylic acids is 1. The van der Waals surface area contributed by atoms with Crippen LogP contribution in [-0.2, 0) is 0 Å². The summed E-state index contributed by atoms with van der Waals surface area (Å²) in [6, 6.07) is 9.01. The molecule has 3 rings (SSSR count). The minimum atomic E-state index is -0.659. The van der Waals surface area contributed by atoms with Crippen LogP contribution in [0.5, 0.6) is 23.0 Å². The number of amides is 1. The molecule has 1 aliphatic heterocycles. The van der Waals surface area contributed by atoms with Gasteiger partial charge in [-0.3, -0.25) is 14.9 Å². The molecule has 0 fully saturated rings. The van der Waals surface area contributed by atoms with Crippen molar-refractivity contribution in [2.45, 2.75) is 13.0 Å². The SMILES string of the molecule is CCN1CC(CN(C)C(=O)c2cc(OC)c(OC)c(OC)c2[N+](=O)[O-])Oc2ccccc21. The molecule has 10 nitrogen and oxygen atoms in total. The molecule has 32 heavy (non-hydrogen) atoms. The molecule has 1 unspecified atom stereocenters. The number of methoxy groups -OCH3 is 3. The first-order valence-electron chi connectivity index (χ1n) is 10.1. The van der Waals surface area contributed by atoms with Crippen molar-refractivity contribution >= 4 is 17.3 Å². The van der Waals surface area contributed by atoms with Crippen LogP contribution in [0.1, 0.15) is 17.3 Å². The Morgan fingerprint density at radius 3 is 2.50 bits per heavy atom. The lowest BCUT2D eigenvalue weighted by Crippen LogP contribution is -2.46. The van der Waals surface area contributed by atoms with Crippen molar-refractivity contribution in [1.29, 1.82) is 0 Å². The summed E-state index contributed by atoms with van der Waals surface area (Å²) in [7, 11) is 5.58. The normalized spacial score (nSPS) is 14.8. The Kier molecular flexibility index (Phi) is 6.92. The van der Waals surface area contributed by atoms with Gasteiger partial charge in [0.25, 0.3) is 5.91 Å². The van der Waals surface area contributed by atoms with E-state index < -0.39 is 16.5 Å². The predicted octanol–water partition coefficient (Wildman–Crippen LogP) is 2.98. The van der Waals surface area contributed by atoms with Gasteiger partial charge in [0.05, 0.1) is 45.0 Å². The van der Waals surface area contributed by atoms with Gasteiger partial charge in [-0.05, 0) is 19.1 Å². The van der Waals surface area contributed by atoms with Gasteiger partial charge in [-0.25, -0.2) is 0 Å². The van der Waals surface area contributed by atoms with Crippen molar-refractivity contribution in [3.63, 3.8) is 0 Å². The number of carbonyl (C=O) groups is 1. The highest BCUT2D eigenvalue weighted by molar-refractivity contribution is 6.00. The molecule has 0 saturated heterocycles. The number of benzene rings is 2. The van der Waals surface area contributed by atoms with E-state index in [0.717, 1.165) is 18.0 Å². The van der Waals surface area contributed by atoms with E-state index in [9.17, 15) is 14.9 Å². The number of hydrogen-bond acceptors (Lipinski definition) is 8. The maximum absolute atomic E-state index is 13.3. The van der Waals surface area contributed by atoms with Crippen molar-refractivity contribution in [3.05, 3.63) is 46.0 Å². The smallest absolute Gasteiger partial charge is 0.327 e. The van der Waals surface area contributed by atoms with Crippen molar-refractivity contribution in [1.82, 2.24) is 4.90 Å². The van der Waals surface area contributed by atoms with E-state index in [-0.39, 0.29) is 35.5 Å². The van der Waals surface area contributed by atoms with E-state index in [1.807, 2.05) is 31.2 Å². The molecule has 10 heteroatoms. The van der Waals surface area contributed by atoms with E-state index in [1.165, 1.54) is 32.3 Å². The average molecular weight is 445 g/mol. The van der Waals surface area contributed by atoms with E-state index >= 15 is 0 Å². The Hall–Kier alpha value is -3.69. The predicted molar refractivity (Wildman–Crippen MR) is 118 cm³/mol. The summed E-state index contributed by atoms with van der Waals surface area (Å²) in [6.07, 6.45) is -0.306. The number of nitro groups is 1. The molecule has 1 aliphatic rings. The first-order chi connectivity index (χ1) is 15.4. The monoisotopic (exact) mass is 445 g/mol. The van der Waals surface area contributed by atoms with Crippen molar-refractivity contribution < 1.29 is 28.7 Å². The molecule has 1 atom stereocenters. The molecule has 172 valence electrons. The molecule has 0 saturated carbocycles. The minimum Gasteiger partial charge on any atom is -0.493 e. The van der Waals surface area contributed by atoms with Gasteiger partial charge in [-0.1, -0.05) is 12.1 Å². The third-order valence-corrected chi connectivity index (χ3v) is 5.35. The topological polar surface area (TPSA) is 104 Å². The van der Waals surface area contributed by atoms with Crippen LogP contribution >= 0.6 is 0 Å². The highest BCUT2D eigenvalue weighted by atomic mass is 16.6. The van der Waals surface area contributed by atoms with E-state index in [0.29, 0.717) is 6.54 Å². The maximum Gasteiger partial charge on any atom is 0.327 e. The highest BCUT2D eigenvalue weighted by Gasteiger charge is 2.35. The molecule has 2 aromatic carbocycles. The summed E-state index contributed by atoms with van der Waals surface area (Å²) < 4.78 is 21.8. The number of nitro benzene ring substituents is 1. The van der Waals surface area contributed by atoms with Crippen LogP contribution in [0, 0.1) is 10.1 Å². The van der Waals surface area contributed by atoms with Gasteiger partial charge in [-0.2, -0.15) is 0 Å². The second-order valence-corrected chi connectivity index (χ2v) is 7.23. The maximum atomic E-state index is 13.3. The molecule has 0 aliphatic carbocycles. The quantitative estimate of drug-likeness (QED) is 0.451. The van der Waals surface area contributed by atoms with Gasteiger partial charge in [0.1, 0.15) is 17.4 Å². The summed E-state index contributed by atoms with van der Waals surface area (Å²) in [5.41, 5.74) is 0.364. The molecule has 0 bridgehead atoms. The number of likely N-dealkylation sites (N-methyl/N-ethyl adjacent to an activating group) is 2. The lowest BCUT2D eigenvalue weighted by Gasteiger charge is -2.37. The van der Waals surface area contributed by atoms with Gasteiger partial charge >= 0.3 is 5.69 Å². The lowest BCUT2D eigenvalue weighted by atomic mass is 10.1. The zero-order valence-corrected chi connectivity index (χ0v) is 18.8. The molecule has 0 aromatic heterocycles. The molecular weight excluding hydrogens is 418 g/mol. The van der Waals surface area contributed by atoms with Crippen molar-refractivity contribution in [2.24, 2.45) is 0 Å². The Bertz CT molecular complexity index is 1010. The van der Waals surface area contributed by atoms with Gasteiger partial charge in [0.2, 0.25) is 11.5 Å². The summed E-state index contributed by atoms with van der Waals surface area (Å²) in [5, 5.41) is 11.8. The van der Waals surface area contributed by atoms with Crippen LogP contribution in [0.3, 0.4) is 0 Å². The van der Waals surface area contributed by atoms with Gasteiger partial charge in [0.15, 0.2) is 5.75 Å². The fraction of sp³-hybridized carbons (Fsp3) is 0.409. The third-order valence-electron chi connectivity index (χ3n) is 5.35. The zero-order chi connectivity index (χ0) is 23.4. The second kappa shape index (κ2) is 9.63.